The largest absolute Gasteiger partial charge is 0.494 e. The fourth-order valence-corrected chi connectivity index (χ4v) is 2.26. The lowest BCUT2D eigenvalue weighted by Crippen LogP contribution is -2.36. The normalized spacial score (nSPS) is 10.1. The van der Waals surface area contributed by atoms with Crippen LogP contribution in [0.4, 0.5) is 5.69 Å². The molecule has 126 valence electrons. The molecule has 2 rings (SSSR count). The molecule has 0 unspecified atom stereocenters. The summed E-state index contributed by atoms with van der Waals surface area (Å²) in [6.45, 7) is 4.40. The number of benzene rings is 2. The third-order valence-electron chi connectivity index (χ3n) is 3.45. The first kappa shape index (κ1) is 17.5. The summed E-state index contributed by atoms with van der Waals surface area (Å²) in [4.78, 5) is 25.5. The average molecular weight is 326 g/mol. The van der Waals surface area contributed by atoms with E-state index in [2.05, 4.69) is 5.32 Å². The van der Waals surface area contributed by atoms with Gasteiger partial charge >= 0.3 is 0 Å². The Bertz CT molecular complexity index is 669. The van der Waals surface area contributed by atoms with E-state index in [1.807, 2.05) is 37.3 Å². The number of hydrogen-bond acceptors (Lipinski definition) is 3. The Kier molecular flexibility index (Phi) is 6.37. The Labute approximate surface area is 142 Å². The van der Waals surface area contributed by atoms with Gasteiger partial charge in [-0.25, -0.2) is 0 Å². The van der Waals surface area contributed by atoms with Crippen LogP contribution in [0, 0.1) is 0 Å². The van der Waals surface area contributed by atoms with Crippen LogP contribution in [-0.2, 0) is 16.1 Å². The first-order chi connectivity index (χ1) is 11.6. The second kappa shape index (κ2) is 8.72. The van der Waals surface area contributed by atoms with Crippen molar-refractivity contribution in [2.45, 2.75) is 20.4 Å². The van der Waals surface area contributed by atoms with E-state index >= 15 is 0 Å². The van der Waals surface area contributed by atoms with Crippen LogP contribution in [0.3, 0.4) is 0 Å². The quantitative estimate of drug-likeness (QED) is 0.850. The van der Waals surface area contributed by atoms with Gasteiger partial charge in [-0.2, -0.15) is 0 Å². The summed E-state index contributed by atoms with van der Waals surface area (Å²) in [5.41, 5.74) is 1.66. The van der Waals surface area contributed by atoms with Gasteiger partial charge in [0, 0.05) is 19.2 Å². The van der Waals surface area contributed by atoms with Gasteiger partial charge in [-0.05, 0) is 36.8 Å². The van der Waals surface area contributed by atoms with E-state index in [1.54, 1.807) is 24.3 Å². The summed E-state index contributed by atoms with van der Waals surface area (Å²) in [5, 5.41) is 2.79. The molecule has 5 nitrogen and oxygen atoms in total. The highest BCUT2D eigenvalue weighted by molar-refractivity contribution is 5.94. The molecule has 0 fully saturated rings. The average Bonchev–Trinajstić information content (AvgIpc) is 2.57. The summed E-state index contributed by atoms with van der Waals surface area (Å²) in [6, 6.07) is 16.7. The lowest BCUT2D eigenvalue weighted by molar-refractivity contribution is -0.133. The van der Waals surface area contributed by atoms with E-state index < -0.39 is 0 Å². The van der Waals surface area contributed by atoms with Crippen molar-refractivity contribution in [3.05, 3.63) is 60.2 Å². The van der Waals surface area contributed by atoms with Gasteiger partial charge in [-0.15, -0.1) is 0 Å². The lowest BCUT2D eigenvalue weighted by atomic mass is 10.2. The predicted molar refractivity (Wildman–Crippen MR) is 93.8 cm³/mol. The number of rotatable bonds is 7. The molecule has 0 aromatic heterocycles. The maximum absolute atomic E-state index is 12.2. The van der Waals surface area contributed by atoms with Crippen molar-refractivity contribution in [1.29, 1.82) is 0 Å². The zero-order chi connectivity index (χ0) is 17.4. The monoisotopic (exact) mass is 326 g/mol. The molecule has 24 heavy (non-hydrogen) atoms. The number of nitrogens with zero attached hydrogens (tertiary/aromatic N) is 1. The Morgan fingerprint density at radius 3 is 2.29 bits per heavy atom. The number of nitrogens with one attached hydrogen (secondary N) is 1. The molecule has 0 aliphatic carbocycles. The second-order valence-corrected chi connectivity index (χ2v) is 5.37. The van der Waals surface area contributed by atoms with Crippen molar-refractivity contribution in [3.63, 3.8) is 0 Å². The molecule has 0 saturated heterocycles. The molecular weight excluding hydrogens is 304 g/mol. The Hall–Kier alpha value is -2.82. The zero-order valence-corrected chi connectivity index (χ0v) is 14.0. The van der Waals surface area contributed by atoms with Crippen LogP contribution in [0.2, 0.25) is 0 Å². The lowest BCUT2D eigenvalue weighted by Gasteiger charge is -2.20. The molecule has 5 heteroatoms. The van der Waals surface area contributed by atoms with Crippen molar-refractivity contribution in [3.8, 4) is 5.75 Å². The maximum Gasteiger partial charge on any atom is 0.244 e. The first-order valence-electron chi connectivity index (χ1n) is 7.90. The topological polar surface area (TPSA) is 58.6 Å². The zero-order valence-electron chi connectivity index (χ0n) is 14.0. The highest BCUT2D eigenvalue weighted by atomic mass is 16.5. The van der Waals surface area contributed by atoms with Crippen molar-refractivity contribution in [1.82, 2.24) is 4.90 Å². The van der Waals surface area contributed by atoms with Crippen LogP contribution in [0.15, 0.2) is 54.6 Å². The molecule has 0 saturated carbocycles. The minimum atomic E-state index is -0.231. The second-order valence-electron chi connectivity index (χ2n) is 5.37. The number of hydrogen-bond donors (Lipinski definition) is 1. The fourth-order valence-electron chi connectivity index (χ4n) is 2.26. The summed E-state index contributed by atoms with van der Waals surface area (Å²) in [6.07, 6.45) is 0. The molecule has 2 aromatic rings. The molecular formula is C19H22N2O3. The molecule has 0 heterocycles. The third-order valence-corrected chi connectivity index (χ3v) is 3.45. The van der Waals surface area contributed by atoms with E-state index in [1.165, 1.54) is 11.8 Å². The molecule has 0 radical (unpaired) electrons. The van der Waals surface area contributed by atoms with Gasteiger partial charge in [-0.3, -0.25) is 9.59 Å². The van der Waals surface area contributed by atoms with Gasteiger partial charge in [0.1, 0.15) is 12.3 Å². The summed E-state index contributed by atoms with van der Waals surface area (Å²) in [7, 11) is 0. The van der Waals surface area contributed by atoms with E-state index in [4.69, 9.17) is 4.74 Å². The van der Waals surface area contributed by atoms with Gasteiger partial charge in [0.25, 0.3) is 0 Å². The van der Waals surface area contributed by atoms with Crippen LogP contribution in [0.25, 0.3) is 0 Å². The Morgan fingerprint density at radius 1 is 1.04 bits per heavy atom. The van der Waals surface area contributed by atoms with Crippen molar-refractivity contribution in [2.75, 3.05) is 18.5 Å². The van der Waals surface area contributed by atoms with Gasteiger partial charge < -0.3 is 15.0 Å². The van der Waals surface area contributed by atoms with E-state index in [0.29, 0.717) is 18.8 Å². The molecule has 1 N–H and O–H groups in total. The van der Waals surface area contributed by atoms with Crippen molar-refractivity contribution in [2.24, 2.45) is 0 Å². The van der Waals surface area contributed by atoms with E-state index in [0.717, 1.165) is 11.3 Å². The van der Waals surface area contributed by atoms with Gasteiger partial charge in [0.15, 0.2) is 0 Å². The molecule has 2 amide bonds. The fraction of sp³-hybridized carbons (Fsp3) is 0.263. The molecule has 0 bridgehead atoms. The molecule has 0 aliphatic heterocycles. The molecule has 0 aliphatic rings. The standard InChI is InChI=1S/C19H22N2O3/c1-3-24-18-11-9-17(10-12-18)20-19(23)14-21(15(2)22)13-16-7-5-4-6-8-16/h4-12H,3,13-14H2,1-2H3,(H,20,23). The number of amides is 2. The first-order valence-corrected chi connectivity index (χ1v) is 7.90. The third kappa shape index (κ3) is 5.43. The Balaban J connectivity index is 1.94. The summed E-state index contributed by atoms with van der Waals surface area (Å²) < 4.78 is 5.36. The van der Waals surface area contributed by atoms with Crippen LogP contribution >= 0.6 is 0 Å². The van der Waals surface area contributed by atoms with Crippen molar-refractivity contribution >= 4 is 17.5 Å². The van der Waals surface area contributed by atoms with E-state index in [-0.39, 0.29) is 18.4 Å². The minimum absolute atomic E-state index is 0.0113. The molecule has 0 atom stereocenters. The van der Waals surface area contributed by atoms with Crippen LogP contribution in [0.5, 0.6) is 5.75 Å². The van der Waals surface area contributed by atoms with E-state index in [9.17, 15) is 9.59 Å². The van der Waals surface area contributed by atoms with Gasteiger partial charge in [0.05, 0.1) is 6.61 Å². The number of carbonyl (C=O) groups is 2. The summed E-state index contributed by atoms with van der Waals surface area (Å²) in [5.74, 6) is 0.385. The smallest absolute Gasteiger partial charge is 0.244 e. The Morgan fingerprint density at radius 2 is 1.71 bits per heavy atom. The number of ether oxygens (including phenoxy) is 1. The van der Waals surface area contributed by atoms with Crippen molar-refractivity contribution < 1.29 is 14.3 Å². The molecule has 2 aromatic carbocycles. The van der Waals surface area contributed by atoms with Gasteiger partial charge in [0.2, 0.25) is 11.8 Å². The highest BCUT2D eigenvalue weighted by Gasteiger charge is 2.14. The maximum atomic E-state index is 12.2. The van der Waals surface area contributed by atoms with Gasteiger partial charge in [-0.1, -0.05) is 30.3 Å². The number of carbonyl (C=O) groups excluding carboxylic acids is 2. The predicted octanol–water partition coefficient (Wildman–Crippen LogP) is 3.07. The summed E-state index contributed by atoms with van der Waals surface area (Å²) >= 11 is 0. The molecule has 0 spiro atoms. The SMILES string of the molecule is CCOc1ccc(NC(=O)CN(Cc2ccccc2)C(C)=O)cc1. The number of anilines is 1. The van der Waals surface area contributed by atoms with Crippen LogP contribution in [-0.4, -0.2) is 29.9 Å². The minimum Gasteiger partial charge on any atom is -0.494 e. The van der Waals surface area contributed by atoms with Crippen LogP contribution in [0.1, 0.15) is 19.4 Å². The highest BCUT2D eigenvalue weighted by Crippen LogP contribution is 2.15. The van der Waals surface area contributed by atoms with Crippen LogP contribution < -0.4 is 10.1 Å².